The van der Waals surface area contributed by atoms with Crippen molar-refractivity contribution in [2.24, 2.45) is 0 Å². The molecule has 0 saturated heterocycles. The van der Waals surface area contributed by atoms with Crippen LogP contribution in [0, 0.1) is 11.3 Å². The molecule has 2 N–H and O–H groups in total. The van der Waals surface area contributed by atoms with Crippen molar-refractivity contribution in [1.29, 1.82) is 5.26 Å². The number of nitriles is 1. The molecule has 0 spiro atoms. The van der Waals surface area contributed by atoms with Crippen molar-refractivity contribution in [3.8, 4) is 11.8 Å². The highest BCUT2D eigenvalue weighted by atomic mass is 79.9. The summed E-state index contributed by atoms with van der Waals surface area (Å²) in [7, 11) is 0. The predicted molar refractivity (Wildman–Crippen MR) is 114 cm³/mol. The highest BCUT2D eigenvalue weighted by Crippen LogP contribution is 2.20. The Bertz CT molecular complexity index is 1080. The first-order valence-electron chi connectivity index (χ1n) is 8.64. The molecule has 2 amide bonds. The van der Waals surface area contributed by atoms with Gasteiger partial charge in [0.2, 0.25) is 0 Å². The fourth-order valence-corrected chi connectivity index (χ4v) is 2.78. The lowest BCUT2D eigenvalue weighted by Gasteiger charge is -2.12. The standard InChI is InChI=1S/C22H16BrN3O3/c23-16-8-10-17(11-9-16)25-21(27)14-29-20-7-2-1-6-19(20)22(28)26-18-5-3-4-15(12-18)13-24/h1-12H,14H2,(H,25,27)(H,26,28). The van der Waals surface area contributed by atoms with Crippen LogP contribution in [0.4, 0.5) is 11.4 Å². The maximum atomic E-state index is 12.6. The molecule has 0 saturated carbocycles. The van der Waals surface area contributed by atoms with E-state index in [-0.39, 0.29) is 23.8 Å². The van der Waals surface area contributed by atoms with Gasteiger partial charge in [-0.3, -0.25) is 9.59 Å². The van der Waals surface area contributed by atoms with Crippen LogP contribution in [0.25, 0.3) is 0 Å². The van der Waals surface area contributed by atoms with E-state index in [1.165, 1.54) is 0 Å². The number of rotatable bonds is 6. The van der Waals surface area contributed by atoms with Gasteiger partial charge in [0, 0.05) is 15.8 Å². The normalized spacial score (nSPS) is 9.93. The summed E-state index contributed by atoms with van der Waals surface area (Å²) in [5.74, 6) is -0.458. The van der Waals surface area contributed by atoms with Crippen LogP contribution in [0.15, 0.2) is 77.3 Å². The molecule has 7 heteroatoms. The lowest BCUT2D eigenvalue weighted by Crippen LogP contribution is -2.21. The number of benzene rings is 3. The van der Waals surface area contributed by atoms with E-state index in [1.54, 1.807) is 60.7 Å². The second-order valence-corrected chi connectivity index (χ2v) is 6.90. The summed E-state index contributed by atoms with van der Waals surface area (Å²) in [6.45, 7) is -0.246. The Hall–Kier alpha value is -3.63. The lowest BCUT2D eigenvalue weighted by molar-refractivity contribution is -0.118. The Balaban J connectivity index is 1.65. The van der Waals surface area contributed by atoms with E-state index in [9.17, 15) is 9.59 Å². The van der Waals surface area contributed by atoms with E-state index >= 15 is 0 Å². The first kappa shape index (κ1) is 20.1. The number of para-hydroxylation sites is 1. The van der Waals surface area contributed by atoms with Crippen molar-refractivity contribution < 1.29 is 14.3 Å². The molecule has 0 aliphatic carbocycles. The van der Waals surface area contributed by atoms with Crippen LogP contribution in [0.1, 0.15) is 15.9 Å². The topological polar surface area (TPSA) is 91.2 Å². The second-order valence-electron chi connectivity index (χ2n) is 5.99. The maximum Gasteiger partial charge on any atom is 0.262 e. The number of halogens is 1. The third-order valence-corrected chi connectivity index (χ3v) is 4.40. The van der Waals surface area contributed by atoms with Gasteiger partial charge in [-0.1, -0.05) is 34.1 Å². The van der Waals surface area contributed by atoms with Crippen molar-refractivity contribution in [3.63, 3.8) is 0 Å². The van der Waals surface area contributed by atoms with E-state index in [2.05, 4.69) is 26.6 Å². The molecule has 6 nitrogen and oxygen atoms in total. The molecular weight excluding hydrogens is 434 g/mol. The number of carbonyl (C=O) groups is 2. The van der Waals surface area contributed by atoms with Gasteiger partial charge >= 0.3 is 0 Å². The fourth-order valence-electron chi connectivity index (χ4n) is 2.52. The summed E-state index contributed by atoms with van der Waals surface area (Å²) in [5.41, 5.74) is 1.87. The smallest absolute Gasteiger partial charge is 0.262 e. The van der Waals surface area contributed by atoms with Crippen LogP contribution in [-0.2, 0) is 4.79 Å². The van der Waals surface area contributed by atoms with Crippen molar-refractivity contribution in [1.82, 2.24) is 0 Å². The number of hydrogen-bond donors (Lipinski definition) is 2. The van der Waals surface area contributed by atoms with E-state index in [4.69, 9.17) is 10.00 Å². The minimum absolute atomic E-state index is 0.246. The van der Waals surface area contributed by atoms with Gasteiger partial charge in [0.15, 0.2) is 6.61 Å². The zero-order valence-electron chi connectivity index (χ0n) is 15.2. The van der Waals surface area contributed by atoms with Crippen LogP contribution in [-0.4, -0.2) is 18.4 Å². The molecule has 144 valence electrons. The molecule has 0 atom stereocenters. The van der Waals surface area contributed by atoms with Crippen molar-refractivity contribution in [2.45, 2.75) is 0 Å². The van der Waals surface area contributed by atoms with Gasteiger partial charge in [-0.25, -0.2) is 0 Å². The molecule has 0 bridgehead atoms. The zero-order valence-corrected chi connectivity index (χ0v) is 16.8. The van der Waals surface area contributed by atoms with E-state index in [1.807, 2.05) is 18.2 Å². The van der Waals surface area contributed by atoms with Crippen molar-refractivity contribution in [3.05, 3.63) is 88.4 Å². The SMILES string of the molecule is N#Cc1cccc(NC(=O)c2ccccc2OCC(=O)Nc2ccc(Br)cc2)c1. The number of anilines is 2. The van der Waals surface area contributed by atoms with Crippen LogP contribution in [0.5, 0.6) is 5.75 Å². The van der Waals surface area contributed by atoms with Crippen molar-refractivity contribution >= 4 is 39.1 Å². The first-order valence-corrected chi connectivity index (χ1v) is 9.43. The average Bonchev–Trinajstić information content (AvgIpc) is 2.74. The molecule has 29 heavy (non-hydrogen) atoms. The Morgan fingerprint density at radius 3 is 2.45 bits per heavy atom. The summed E-state index contributed by atoms with van der Waals surface area (Å²) in [4.78, 5) is 24.8. The predicted octanol–water partition coefficient (Wildman–Crippen LogP) is 4.59. The van der Waals surface area contributed by atoms with Crippen LogP contribution in [0.2, 0.25) is 0 Å². The maximum absolute atomic E-state index is 12.6. The molecule has 0 fully saturated rings. The highest BCUT2D eigenvalue weighted by Gasteiger charge is 2.14. The van der Waals surface area contributed by atoms with Crippen molar-refractivity contribution in [2.75, 3.05) is 17.2 Å². The molecule has 3 aromatic carbocycles. The average molecular weight is 450 g/mol. The molecule has 0 aliphatic rings. The third kappa shape index (κ3) is 5.67. The molecule has 3 aromatic rings. The number of amides is 2. The minimum Gasteiger partial charge on any atom is -0.483 e. The molecular formula is C22H16BrN3O3. The summed E-state index contributed by atoms with van der Waals surface area (Å²) < 4.78 is 6.47. The number of hydrogen-bond acceptors (Lipinski definition) is 4. The van der Waals surface area contributed by atoms with E-state index in [0.717, 1.165) is 4.47 Å². The van der Waals surface area contributed by atoms with Gasteiger partial charge in [-0.15, -0.1) is 0 Å². The molecule has 3 rings (SSSR count). The van der Waals surface area contributed by atoms with Gasteiger partial charge in [-0.2, -0.15) is 5.26 Å². The zero-order chi connectivity index (χ0) is 20.6. The van der Waals surface area contributed by atoms with Gasteiger partial charge < -0.3 is 15.4 Å². The quantitative estimate of drug-likeness (QED) is 0.575. The summed E-state index contributed by atoms with van der Waals surface area (Å²) in [6, 6.07) is 22.4. The first-order chi connectivity index (χ1) is 14.0. The summed E-state index contributed by atoms with van der Waals surface area (Å²) in [5, 5.41) is 14.4. The van der Waals surface area contributed by atoms with Gasteiger partial charge in [-0.05, 0) is 54.6 Å². The number of ether oxygens (including phenoxy) is 1. The Morgan fingerprint density at radius 1 is 0.931 bits per heavy atom. The Labute approximate surface area is 176 Å². The molecule has 0 aliphatic heterocycles. The largest absolute Gasteiger partial charge is 0.483 e. The van der Waals surface area contributed by atoms with E-state index in [0.29, 0.717) is 16.9 Å². The number of carbonyl (C=O) groups excluding carboxylic acids is 2. The highest BCUT2D eigenvalue weighted by molar-refractivity contribution is 9.10. The monoisotopic (exact) mass is 449 g/mol. The van der Waals surface area contributed by atoms with Gasteiger partial charge in [0.1, 0.15) is 5.75 Å². The minimum atomic E-state index is -0.399. The van der Waals surface area contributed by atoms with Crippen LogP contribution >= 0.6 is 15.9 Å². The lowest BCUT2D eigenvalue weighted by atomic mass is 10.1. The fraction of sp³-hybridized carbons (Fsp3) is 0.0455. The van der Waals surface area contributed by atoms with Gasteiger partial charge in [0.05, 0.1) is 17.2 Å². The molecule has 0 unspecified atom stereocenters. The second kappa shape index (κ2) is 9.53. The Morgan fingerprint density at radius 2 is 1.69 bits per heavy atom. The molecule has 0 heterocycles. The summed E-state index contributed by atoms with van der Waals surface area (Å²) >= 11 is 3.33. The number of nitrogens with one attached hydrogen (secondary N) is 2. The summed E-state index contributed by atoms with van der Waals surface area (Å²) in [6.07, 6.45) is 0. The molecule has 0 aromatic heterocycles. The third-order valence-electron chi connectivity index (χ3n) is 3.87. The number of nitrogens with zero attached hydrogens (tertiary/aromatic N) is 1. The Kier molecular flexibility index (Phi) is 6.61. The van der Waals surface area contributed by atoms with E-state index < -0.39 is 5.91 Å². The van der Waals surface area contributed by atoms with Crippen LogP contribution in [0.3, 0.4) is 0 Å². The van der Waals surface area contributed by atoms with Crippen LogP contribution < -0.4 is 15.4 Å². The molecule has 0 radical (unpaired) electrons. The van der Waals surface area contributed by atoms with Gasteiger partial charge in [0.25, 0.3) is 11.8 Å².